The zero-order valence-electron chi connectivity index (χ0n) is 8.24. The molecule has 0 radical (unpaired) electrons. The lowest BCUT2D eigenvalue weighted by Crippen LogP contribution is -1.91. The summed E-state index contributed by atoms with van der Waals surface area (Å²) in [5, 5.41) is 2.08. The van der Waals surface area contributed by atoms with Crippen LogP contribution in [0.3, 0.4) is 0 Å². The van der Waals surface area contributed by atoms with Crippen molar-refractivity contribution < 1.29 is 0 Å². The van der Waals surface area contributed by atoms with E-state index in [2.05, 4.69) is 20.9 Å². The van der Waals surface area contributed by atoms with Crippen LogP contribution >= 0.6 is 39.1 Å². The number of aryl methyl sites for hydroxylation is 2. The normalized spacial score (nSPS) is 11.0. The fourth-order valence-electron chi connectivity index (χ4n) is 1.51. The van der Waals surface area contributed by atoms with Gasteiger partial charge in [0.15, 0.2) is 0 Å². The van der Waals surface area contributed by atoms with Crippen LogP contribution in [0.5, 0.6) is 0 Å². The van der Waals surface area contributed by atoms with Crippen molar-refractivity contribution in [2.45, 2.75) is 13.8 Å². The fraction of sp³-hybridized carbons (Fsp3) is 0.182. The van der Waals surface area contributed by atoms with Crippen LogP contribution in [0.15, 0.2) is 16.6 Å². The molecule has 0 unspecified atom stereocenters. The second kappa shape index (κ2) is 3.93. The summed E-state index contributed by atoms with van der Waals surface area (Å²) in [7, 11) is 0. The molecule has 4 heteroatoms. The summed E-state index contributed by atoms with van der Waals surface area (Å²) in [6.45, 7) is 3.91. The summed E-state index contributed by atoms with van der Waals surface area (Å²) < 4.78 is 0.809. The Morgan fingerprint density at radius 3 is 2.53 bits per heavy atom. The van der Waals surface area contributed by atoms with Crippen LogP contribution in [0.25, 0.3) is 10.9 Å². The molecule has 0 aliphatic rings. The van der Waals surface area contributed by atoms with E-state index in [1.54, 1.807) is 0 Å². The zero-order chi connectivity index (χ0) is 11.2. The van der Waals surface area contributed by atoms with Crippen LogP contribution in [0.4, 0.5) is 0 Å². The molecule has 1 aromatic carbocycles. The number of fused-ring (bicyclic) bond motifs is 1. The molecular weight excluding hydrogens is 297 g/mol. The van der Waals surface area contributed by atoms with E-state index in [0.29, 0.717) is 10.0 Å². The van der Waals surface area contributed by atoms with Crippen molar-refractivity contribution in [3.63, 3.8) is 0 Å². The molecule has 1 nitrogen and oxygen atoms in total. The maximum atomic E-state index is 6.24. The molecule has 0 atom stereocenters. The summed E-state index contributed by atoms with van der Waals surface area (Å²) in [6.07, 6.45) is 0. The number of hydrogen-bond donors (Lipinski definition) is 0. The minimum atomic E-state index is 0.631. The highest BCUT2D eigenvalue weighted by Gasteiger charge is 2.12. The van der Waals surface area contributed by atoms with Crippen molar-refractivity contribution in [2.24, 2.45) is 0 Å². The van der Waals surface area contributed by atoms with Crippen LogP contribution in [0, 0.1) is 13.8 Å². The summed E-state index contributed by atoms with van der Waals surface area (Å²) in [4.78, 5) is 4.48. The maximum absolute atomic E-state index is 6.24. The Morgan fingerprint density at radius 1 is 1.20 bits per heavy atom. The van der Waals surface area contributed by atoms with E-state index >= 15 is 0 Å². The van der Waals surface area contributed by atoms with Crippen molar-refractivity contribution >= 4 is 50.0 Å². The average molecular weight is 305 g/mol. The standard InChI is InChI=1S/C11H8BrCl2N/c1-5-3-4-7(13)8-10(14)9(12)6(2)15-11(5)8/h3-4H,1-2H3. The maximum Gasteiger partial charge on any atom is 0.0765 e. The second-order valence-corrected chi connectivity index (χ2v) is 4.99. The Labute approximate surface area is 107 Å². The Kier molecular flexibility index (Phi) is 2.93. The van der Waals surface area contributed by atoms with Gasteiger partial charge in [0.2, 0.25) is 0 Å². The molecule has 0 amide bonds. The SMILES string of the molecule is Cc1nc2c(C)ccc(Cl)c2c(Cl)c1Br. The first-order valence-corrected chi connectivity index (χ1v) is 5.97. The van der Waals surface area contributed by atoms with Gasteiger partial charge in [-0.05, 0) is 41.4 Å². The van der Waals surface area contributed by atoms with E-state index in [4.69, 9.17) is 23.2 Å². The largest absolute Gasteiger partial charge is 0.252 e. The van der Waals surface area contributed by atoms with Gasteiger partial charge in [-0.3, -0.25) is 4.98 Å². The molecule has 2 rings (SSSR count). The van der Waals surface area contributed by atoms with Crippen molar-refractivity contribution in [3.05, 3.63) is 37.9 Å². The van der Waals surface area contributed by atoms with Gasteiger partial charge in [-0.2, -0.15) is 0 Å². The third-order valence-electron chi connectivity index (χ3n) is 2.34. The molecule has 0 spiro atoms. The van der Waals surface area contributed by atoms with Gasteiger partial charge >= 0.3 is 0 Å². The van der Waals surface area contributed by atoms with Crippen LogP contribution in [0.1, 0.15) is 11.3 Å². The molecule has 0 bridgehead atoms. The Morgan fingerprint density at radius 2 is 1.87 bits per heavy atom. The third-order valence-corrected chi connectivity index (χ3v) is 4.23. The summed E-state index contributed by atoms with van der Waals surface area (Å²) in [5.74, 6) is 0. The van der Waals surface area contributed by atoms with Crippen molar-refractivity contribution in [2.75, 3.05) is 0 Å². The van der Waals surface area contributed by atoms with Crippen LogP contribution in [0.2, 0.25) is 10.0 Å². The highest BCUT2D eigenvalue weighted by molar-refractivity contribution is 9.10. The number of rotatable bonds is 0. The topological polar surface area (TPSA) is 12.9 Å². The molecule has 1 aromatic heterocycles. The zero-order valence-corrected chi connectivity index (χ0v) is 11.3. The molecule has 1 heterocycles. The monoisotopic (exact) mass is 303 g/mol. The second-order valence-electron chi connectivity index (χ2n) is 3.41. The van der Waals surface area contributed by atoms with Gasteiger partial charge in [-0.25, -0.2) is 0 Å². The van der Waals surface area contributed by atoms with Crippen LogP contribution < -0.4 is 0 Å². The van der Waals surface area contributed by atoms with Gasteiger partial charge < -0.3 is 0 Å². The predicted molar refractivity (Wildman–Crippen MR) is 68.9 cm³/mol. The van der Waals surface area contributed by atoms with Crippen molar-refractivity contribution in [1.82, 2.24) is 4.98 Å². The van der Waals surface area contributed by atoms with Gasteiger partial charge in [0.25, 0.3) is 0 Å². The lowest BCUT2D eigenvalue weighted by atomic mass is 10.1. The number of halogens is 3. The number of pyridine rings is 1. The van der Waals surface area contributed by atoms with Gasteiger partial charge in [0.05, 0.1) is 25.7 Å². The van der Waals surface area contributed by atoms with Crippen LogP contribution in [-0.2, 0) is 0 Å². The molecule has 0 saturated heterocycles. The van der Waals surface area contributed by atoms with E-state index in [1.165, 1.54) is 0 Å². The lowest BCUT2D eigenvalue weighted by Gasteiger charge is -2.09. The van der Waals surface area contributed by atoms with E-state index in [0.717, 1.165) is 26.6 Å². The lowest BCUT2D eigenvalue weighted by molar-refractivity contribution is 1.22. The number of nitrogens with zero attached hydrogens (tertiary/aromatic N) is 1. The molecule has 2 aromatic rings. The van der Waals surface area contributed by atoms with Gasteiger partial charge in [0.1, 0.15) is 0 Å². The summed E-state index contributed by atoms with van der Waals surface area (Å²) in [6, 6.07) is 3.79. The predicted octanol–water partition coefficient (Wildman–Crippen LogP) is 4.92. The minimum Gasteiger partial charge on any atom is -0.252 e. The Hall–Kier alpha value is -0.310. The molecular formula is C11H8BrCl2N. The Bertz CT molecular complexity index is 552. The first-order valence-electron chi connectivity index (χ1n) is 4.42. The quantitative estimate of drug-likeness (QED) is 0.673. The number of benzene rings is 1. The smallest absolute Gasteiger partial charge is 0.0765 e. The minimum absolute atomic E-state index is 0.631. The van der Waals surface area contributed by atoms with Crippen LogP contribution in [-0.4, -0.2) is 4.98 Å². The molecule has 0 saturated carbocycles. The third kappa shape index (κ3) is 1.75. The molecule has 0 aliphatic carbocycles. The molecule has 0 N–H and O–H groups in total. The molecule has 0 fully saturated rings. The summed E-state index contributed by atoms with van der Waals surface area (Å²) in [5.41, 5.74) is 2.82. The van der Waals surface area contributed by atoms with Crippen molar-refractivity contribution in [3.8, 4) is 0 Å². The highest BCUT2D eigenvalue weighted by Crippen LogP contribution is 2.37. The van der Waals surface area contributed by atoms with Crippen molar-refractivity contribution in [1.29, 1.82) is 0 Å². The average Bonchev–Trinajstić information content (AvgIpc) is 2.20. The molecule has 0 aliphatic heterocycles. The summed E-state index contributed by atoms with van der Waals surface area (Å²) >= 11 is 15.8. The number of aromatic nitrogens is 1. The van der Waals surface area contributed by atoms with E-state index in [-0.39, 0.29) is 0 Å². The number of hydrogen-bond acceptors (Lipinski definition) is 1. The highest BCUT2D eigenvalue weighted by atomic mass is 79.9. The fourth-order valence-corrected chi connectivity index (χ4v) is 2.42. The van der Waals surface area contributed by atoms with Gasteiger partial charge in [-0.15, -0.1) is 0 Å². The van der Waals surface area contributed by atoms with Gasteiger partial charge in [0, 0.05) is 5.39 Å². The van der Waals surface area contributed by atoms with E-state index in [9.17, 15) is 0 Å². The first kappa shape index (κ1) is 11.2. The Balaban J connectivity index is 3.04. The van der Waals surface area contributed by atoms with E-state index in [1.807, 2.05) is 26.0 Å². The molecule has 78 valence electrons. The molecule has 15 heavy (non-hydrogen) atoms. The van der Waals surface area contributed by atoms with Gasteiger partial charge in [-0.1, -0.05) is 29.3 Å². The van der Waals surface area contributed by atoms with E-state index < -0.39 is 0 Å². The first-order chi connectivity index (χ1) is 7.02.